The minimum absolute atomic E-state index is 0.0482. The number of hydrogen-bond acceptors (Lipinski definition) is 6. The molecule has 0 radical (unpaired) electrons. The summed E-state index contributed by atoms with van der Waals surface area (Å²) in [5.74, 6) is 0.0347. The van der Waals surface area contributed by atoms with Crippen LogP contribution >= 0.6 is 0 Å². The van der Waals surface area contributed by atoms with Crippen LogP contribution in [0.2, 0.25) is 0 Å². The number of nitrogens with zero attached hydrogens (tertiary/aromatic N) is 3. The molecule has 0 spiro atoms. The molecule has 7 nitrogen and oxygen atoms in total. The van der Waals surface area contributed by atoms with E-state index >= 15 is 0 Å². The summed E-state index contributed by atoms with van der Waals surface area (Å²) < 4.78 is 63.1. The number of carbonyl (C=O) groups excluding carboxylic acids is 1. The Balaban J connectivity index is 1.11. The number of likely N-dealkylation sites (tertiary alicyclic amines) is 1. The van der Waals surface area contributed by atoms with E-state index in [0.717, 1.165) is 42.6 Å². The molecule has 0 saturated carbocycles. The third kappa shape index (κ3) is 8.77. The van der Waals surface area contributed by atoms with Gasteiger partial charge in [-0.15, -0.1) is 13.2 Å². The Morgan fingerprint density at radius 1 is 0.935 bits per heavy atom. The highest BCUT2D eigenvalue weighted by Gasteiger charge is 2.34. The molecule has 1 amide bonds. The topological polar surface area (TPSA) is 71.3 Å². The highest BCUT2D eigenvalue weighted by Crippen LogP contribution is 2.31. The molecule has 2 N–H and O–H groups in total. The van der Waals surface area contributed by atoms with Crippen molar-refractivity contribution in [2.45, 2.75) is 45.1 Å². The molecule has 2 saturated heterocycles. The van der Waals surface area contributed by atoms with Gasteiger partial charge < -0.3 is 25.0 Å². The number of piperidine rings is 1. The molecule has 0 aliphatic carbocycles. The lowest BCUT2D eigenvalue weighted by atomic mass is 9.88. The number of benzene rings is 3. The molecule has 46 heavy (non-hydrogen) atoms. The van der Waals surface area contributed by atoms with Crippen LogP contribution in [0.5, 0.6) is 11.5 Å². The Morgan fingerprint density at radius 2 is 1.65 bits per heavy atom. The normalized spacial score (nSPS) is 17.6. The fraction of sp³-hybridized carbons (Fsp3) is 0.457. The van der Waals surface area contributed by atoms with Crippen LogP contribution in [-0.4, -0.2) is 85.4 Å². The number of alkyl halides is 3. The van der Waals surface area contributed by atoms with Crippen molar-refractivity contribution < 1.29 is 31.8 Å². The molecular formula is C35H42F4N4O3. The highest BCUT2D eigenvalue weighted by molar-refractivity contribution is 5.82. The Morgan fingerprint density at radius 3 is 2.33 bits per heavy atom. The average Bonchev–Trinajstić information content (AvgIpc) is 3.05. The zero-order valence-corrected chi connectivity index (χ0v) is 26.1. The van der Waals surface area contributed by atoms with Crippen LogP contribution in [0.15, 0.2) is 66.7 Å². The van der Waals surface area contributed by atoms with Gasteiger partial charge in [-0.3, -0.25) is 9.69 Å². The van der Waals surface area contributed by atoms with Crippen molar-refractivity contribution in [1.29, 1.82) is 0 Å². The summed E-state index contributed by atoms with van der Waals surface area (Å²) in [6.45, 7) is 7.23. The summed E-state index contributed by atoms with van der Waals surface area (Å²) in [5.41, 5.74) is 9.65. The maximum Gasteiger partial charge on any atom is 0.573 e. The first-order chi connectivity index (χ1) is 22.1. The van der Waals surface area contributed by atoms with Crippen molar-refractivity contribution in [3.63, 3.8) is 0 Å². The van der Waals surface area contributed by atoms with Gasteiger partial charge in [0.2, 0.25) is 5.91 Å². The van der Waals surface area contributed by atoms with Crippen LogP contribution < -0.4 is 15.2 Å². The maximum atomic E-state index is 14.5. The SMILES string of the molecule is CCOc1cccc(F)c1CN1CCN(C(=O)[C@H](N)C2CCN(CCc3cc(OC(F)(F)F)ccc3-c3ccccc3)CC2)CC1. The molecule has 2 aliphatic rings. The van der Waals surface area contributed by atoms with E-state index in [1.807, 2.05) is 42.2 Å². The Kier molecular flexibility index (Phi) is 11.2. The third-order valence-corrected chi connectivity index (χ3v) is 8.96. The number of carbonyl (C=O) groups is 1. The van der Waals surface area contributed by atoms with Gasteiger partial charge in [0, 0.05) is 44.8 Å². The van der Waals surface area contributed by atoms with Gasteiger partial charge in [0.15, 0.2) is 0 Å². The molecule has 11 heteroatoms. The zero-order chi connectivity index (χ0) is 32.7. The van der Waals surface area contributed by atoms with Crippen molar-refractivity contribution in [1.82, 2.24) is 14.7 Å². The van der Waals surface area contributed by atoms with Crippen LogP contribution in [0.25, 0.3) is 11.1 Å². The van der Waals surface area contributed by atoms with Gasteiger partial charge in [-0.1, -0.05) is 42.5 Å². The zero-order valence-electron chi connectivity index (χ0n) is 26.1. The fourth-order valence-corrected chi connectivity index (χ4v) is 6.43. The number of hydrogen-bond donors (Lipinski definition) is 1. The molecular weight excluding hydrogens is 600 g/mol. The predicted octanol–water partition coefficient (Wildman–Crippen LogP) is 5.72. The Hall–Kier alpha value is -3.67. The second-order valence-corrected chi connectivity index (χ2v) is 11.9. The van der Waals surface area contributed by atoms with Crippen molar-refractivity contribution in [2.24, 2.45) is 11.7 Å². The lowest BCUT2D eigenvalue weighted by Crippen LogP contribution is -2.55. The van der Waals surface area contributed by atoms with E-state index < -0.39 is 12.4 Å². The molecule has 2 heterocycles. The van der Waals surface area contributed by atoms with Gasteiger partial charge in [0.25, 0.3) is 0 Å². The second kappa shape index (κ2) is 15.3. The lowest BCUT2D eigenvalue weighted by molar-refractivity contribution is -0.274. The van der Waals surface area contributed by atoms with Crippen molar-refractivity contribution in [3.8, 4) is 22.6 Å². The van der Waals surface area contributed by atoms with Crippen LogP contribution in [0.1, 0.15) is 30.9 Å². The number of rotatable bonds is 11. The molecule has 0 unspecified atom stereocenters. The van der Waals surface area contributed by atoms with E-state index in [0.29, 0.717) is 63.6 Å². The molecule has 248 valence electrons. The largest absolute Gasteiger partial charge is 0.573 e. The van der Waals surface area contributed by atoms with E-state index in [1.54, 1.807) is 18.2 Å². The number of amides is 1. The highest BCUT2D eigenvalue weighted by atomic mass is 19.4. The second-order valence-electron chi connectivity index (χ2n) is 11.9. The van der Waals surface area contributed by atoms with E-state index in [9.17, 15) is 22.4 Å². The first-order valence-corrected chi connectivity index (χ1v) is 15.9. The van der Waals surface area contributed by atoms with Crippen molar-refractivity contribution in [3.05, 3.63) is 83.7 Å². The summed E-state index contributed by atoms with van der Waals surface area (Å²) in [4.78, 5) is 19.6. The molecule has 3 aromatic carbocycles. The molecule has 0 aromatic heterocycles. The molecule has 2 fully saturated rings. The number of ether oxygens (including phenoxy) is 2. The molecule has 1 atom stereocenters. The number of nitrogens with two attached hydrogens (primary N) is 1. The first-order valence-electron chi connectivity index (χ1n) is 15.9. The quantitative estimate of drug-likeness (QED) is 0.270. The van der Waals surface area contributed by atoms with Crippen molar-refractivity contribution >= 4 is 5.91 Å². The minimum Gasteiger partial charge on any atom is -0.493 e. The van der Waals surface area contributed by atoms with Crippen LogP contribution in [0, 0.1) is 11.7 Å². The predicted molar refractivity (Wildman–Crippen MR) is 169 cm³/mol. The number of halogens is 4. The van der Waals surface area contributed by atoms with E-state index in [4.69, 9.17) is 10.5 Å². The van der Waals surface area contributed by atoms with Gasteiger partial charge in [0.05, 0.1) is 12.6 Å². The molecule has 3 aromatic rings. The van der Waals surface area contributed by atoms with Crippen LogP contribution in [0.3, 0.4) is 0 Å². The van der Waals surface area contributed by atoms with Crippen molar-refractivity contribution in [2.75, 3.05) is 52.4 Å². The van der Waals surface area contributed by atoms with E-state index in [1.165, 1.54) is 18.2 Å². The minimum atomic E-state index is -4.76. The monoisotopic (exact) mass is 642 g/mol. The van der Waals surface area contributed by atoms with Gasteiger partial charge in [-0.05, 0) is 86.1 Å². The van der Waals surface area contributed by atoms with Gasteiger partial charge in [0.1, 0.15) is 17.3 Å². The molecule has 2 aliphatic heterocycles. The lowest BCUT2D eigenvalue weighted by Gasteiger charge is -2.39. The third-order valence-electron chi connectivity index (χ3n) is 8.96. The summed E-state index contributed by atoms with van der Waals surface area (Å²) in [6.07, 6.45) is -2.67. The fourth-order valence-electron chi connectivity index (χ4n) is 6.43. The summed E-state index contributed by atoms with van der Waals surface area (Å²) >= 11 is 0. The number of piperazine rings is 1. The average molecular weight is 643 g/mol. The molecule has 5 rings (SSSR count). The maximum absolute atomic E-state index is 14.5. The van der Waals surface area contributed by atoms with Crippen LogP contribution in [-0.2, 0) is 17.8 Å². The van der Waals surface area contributed by atoms with E-state index in [2.05, 4.69) is 14.5 Å². The standard InChI is InChI=1S/C35H42F4N4O3/c1-2-45-32-10-6-9-31(36)30(32)24-42-19-21-43(22-20-42)34(44)33(40)26-13-16-41(17-14-26)18-15-27-23-28(46-35(37,38)39)11-12-29(27)25-7-4-3-5-8-25/h3-12,23,26,33H,2,13-22,24,40H2,1H3/t33-/m1/s1. The van der Waals surface area contributed by atoms with Gasteiger partial charge in [-0.25, -0.2) is 4.39 Å². The first kappa shape index (κ1) is 33.7. The smallest absolute Gasteiger partial charge is 0.493 e. The summed E-state index contributed by atoms with van der Waals surface area (Å²) in [6, 6.07) is 18.4. The molecule has 0 bridgehead atoms. The van der Waals surface area contributed by atoms with Gasteiger partial charge in [-0.2, -0.15) is 0 Å². The van der Waals surface area contributed by atoms with Gasteiger partial charge >= 0.3 is 6.36 Å². The Bertz CT molecular complexity index is 1440. The van der Waals surface area contributed by atoms with Crippen LogP contribution in [0.4, 0.5) is 17.6 Å². The summed E-state index contributed by atoms with van der Waals surface area (Å²) in [5, 5.41) is 0. The van der Waals surface area contributed by atoms with E-state index in [-0.39, 0.29) is 23.4 Å². The Labute approximate surface area is 267 Å². The summed E-state index contributed by atoms with van der Waals surface area (Å²) in [7, 11) is 0.